The number of benzene rings is 1. The number of carboxylic acids is 1. The summed E-state index contributed by atoms with van der Waals surface area (Å²) in [5.41, 5.74) is -1.23. The third-order valence-electron chi connectivity index (χ3n) is 2.76. The molecule has 0 radical (unpaired) electrons. The lowest BCUT2D eigenvalue weighted by Gasteiger charge is -2.26. The fraction of sp³-hybridized carbons (Fsp3) is 0.462. The van der Waals surface area contributed by atoms with E-state index >= 15 is 0 Å². The number of alkyl halides is 3. The minimum Gasteiger partial charge on any atom is -0.478 e. The summed E-state index contributed by atoms with van der Waals surface area (Å²) >= 11 is 0. The molecule has 1 aromatic rings. The minimum absolute atomic E-state index is 0.0295. The monoisotopic (exact) mass is 275 g/mol. The second-order valence-electron chi connectivity index (χ2n) is 4.11. The third-order valence-corrected chi connectivity index (χ3v) is 2.76. The van der Waals surface area contributed by atoms with Crippen LogP contribution in [0.25, 0.3) is 0 Å². The molecule has 0 aromatic heterocycles. The van der Waals surface area contributed by atoms with Crippen LogP contribution in [-0.4, -0.2) is 24.2 Å². The van der Waals surface area contributed by atoms with Crippen LogP contribution in [0.15, 0.2) is 18.2 Å². The fourth-order valence-corrected chi connectivity index (χ4v) is 1.89. The minimum atomic E-state index is -4.57. The molecule has 0 fully saturated rings. The molecule has 1 rings (SSSR count). The Morgan fingerprint density at radius 1 is 1.32 bits per heavy atom. The van der Waals surface area contributed by atoms with E-state index in [9.17, 15) is 18.0 Å². The van der Waals surface area contributed by atoms with Gasteiger partial charge in [0.25, 0.3) is 0 Å². The average Bonchev–Trinajstić information content (AvgIpc) is 2.34. The Bertz CT molecular complexity index is 458. The van der Waals surface area contributed by atoms with Crippen LogP contribution in [0.2, 0.25) is 0 Å². The lowest BCUT2D eigenvalue weighted by Crippen LogP contribution is -2.26. The van der Waals surface area contributed by atoms with E-state index in [1.165, 1.54) is 12.1 Å². The van der Waals surface area contributed by atoms with E-state index in [4.69, 9.17) is 5.11 Å². The maximum absolute atomic E-state index is 13.0. The van der Waals surface area contributed by atoms with Gasteiger partial charge in [0, 0.05) is 18.8 Å². The van der Waals surface area contributed by atoms with Crippen LogP contribution in [0.1, 0.15) is 36.2 Å². The first kappa shape index (κ1) is 15.3. The molecule has 0 amide bonds. The highest BCUT2D eigenvalue weighted by molar-refractivity contribution is 5.88. The average molecular weight is 275 g/mol. The SMILES string of the molecule is CCCN(CC)c1ccc(C(=O)O)cc1C(F)(F)F. The number of aromatic carboxylic acids is 1. The van der Waals surface area contributed by atoms with Crippen molar-refractivity contribution in [3.63, 3.8) is 0 Å². The van der Waals surface area contributed by atoms with Gasteiger partial charge in [0.1, 0.15) is 0 Å². The quantitative estimate of drug-likeness (QED) is 0.891. The van der Waals surface area contributed by atoms with Gasteiger partial charge in [0.2, 0.25) is 0 Å². The van der Waals surface area contributed by atoms with Crippen LogP contribution in [0, 0.1) is 0 Å². The molecule has 19 heavy (non-hydrogen) atoms. The van der Waals surface area contributed by atoms with Crippen LogP contribution in [0.5, 0.6) is 0 Å². The first-order valence-corrected chi connectivity index (χ1v) is 6.00. The highest BCUT2D eigenvalue weighted by Gasteiger charge is 2.35. The van der Waals surface area contributed by atoms with Crippen molar-refractivity contribution in [3.8, 4) is 0 Å². The Balaban J connectivity index is 3.34. The lowest BCUT2D eigenvalue weighted by molar-refractivity contribution is -0.137. The molecule has 1 N–H and O–H groups in total. The number of carboxylic acid groups (broad SMARTS) is 1. The normalized spacial score (nSPS) is 11.4. The van der Waals surface area contributed by atoms with Gasteiger partial charge in [0.05, 0.1) is 11.1 Å². The van der Waals surface area contributed by atoms with E-state index in [2.05, 4.69) is 0 Å². The summed E-state index contributed by atoms with van der Waals surface area (Å²) < 4.78 is 39.0. The Morgan fingerprint density at radius 2 is 1.95 bits per heavy atom. The highest BCUT2D eigenvalue weighted by atomic mass is 19.4. The molecular weight excluding hydrogens is 259 g/mol. The molecule has 0 unspecified atom stereocenters. The highest BCUT2D eigenvalue weighted by Crippen LogP contribution is 2.37. The first-order valence-electron chi connectivity index (χ1n) is 6.00. The third kappa shape index (κ3) is 3.62. The molecular formula is C13H16F3NO2. The number of rotatable bonds is 5. The molecule has 0 aliphatic heterocycles. The summed E-state index contributed by atoms with van der Waals surface area (Å²) in [6.45, 7) is 4.57. The van der Waals surface area contributed by atoms with E-state index in [1.54, 1.807) is 11.8 Å². The van der Waals surface area contributed by atoms with Crippen molar-refractivity contribution >= 4 is 11.7 Å². The van der Waals surface area contributed by atoms with Crippen LogP contribution >= 0.6 is 0 Å². The van der Waals surface area contributed by atoms with Gasteiger partial charge in [-0.15, -0.1) is 0 Å². The van der Waals surface area contributed by atoms with Crippen molar-refractivity contribution in [2.24, 2.45) is 0 Å². The molecule has 0 heterocycles. The number of anilines is 1. The van der Waals surface area contributed by atoms with Crippen LogP contribution in [-0.2, 0) is 6.18 Å². The zero-order chi connectivity index (χ0) is 14.6. The van der Waals surface area contributed by atoms with Gasteiger partial charge in [-0.3, -0.25) is 0 Å². The number of hydrogen-bond donors (Lipinski definition) is 1. The van der Waals surface area contributed by atoms with Gasteiger partial charge in [-0.2, -0.15) is 13.2 Å². The van der Waals surface area contributed by atoms with Crippen LogP contribution in [0.4, 0.5) is 18.9 Å². The molecule has 106 valence electrons. The predicted octanol–water partition coefficient (Wildman–Crippen LogP) is 3.64. The molecule has 0 atom stereocenters. The van der Waals surface area contributed by atoms with Crippen molar-refractivity contribution in [2.45, 2.75) is 26.4 Å². The van der Waals surface area contributed by atoms with E-state index < -0.39 is 17.7 Å². The van der Waals surface area contributed by atoms with E-state index in [1.807, 2.05) is 6.92 Å². The fourth-order valence-electron chi connectivity index (χ4n) is 1.89. The maximum atomic E-state index is 13.0. The van der Waals surface area contributed by atoms with Crippen molar-refractivity contribution in [2.75, 3.05) is 18.0 Å². The molecule has 1 aromatic carbocycles. The summed E-state index contributed by atoms with van der Waals surface area (Å²) in [5.74, 6) is -1.37. The van der Waals surface area contributed by atoms with Crippen molar-refractivity contribution in [3.05, 3.63) is 29.3 Å². The van der Waals surface area contributed by atoms with Crippen LogP contribution in [0.3, 0.4) is 0 Å². The topological polar surface area (TPSA) is 40.5 Å². The molecule has 0 aliphatic rings. The number of carbonyl (C=O) groups is 1. The van der Waals surface area contributed by atoms with Gasteiger partial charge >= 0.3 is 12.1 Å². The van der Waals surface area contributed by atoms with Gasteiger partial charge < -0.3 is 10.0 Å². The lowest BCUT2D eigenvalue weighted by atomic mass is 10.1. The number of halogens is 3. The van der Waals surface area contributed by atoms with Crippen molar-refractivity contribution in [1.29, 1.82) is 0 Å². The molecule has 0 saturated heterocycles. The Labute approximate surface area is 109 Å². The smallest absolute Gasteiger partial charge is 0.418 e. The standard InChI is InChI=1S/C13H16F3NO2/c1-3-7-17(4-2)11-6-5-9(12(18)19)8-10(11)13(14,15)16/h5-6,8H,3-4,7H2,1-2H3,(H,18,19). The Hall–Kier alpha value is -1.72. The Kier molecular flexibility index (Phi) is 4.80. The maximum Gasteiger partial charge on any atom is 0.418 e. The molecule has 6 heteroatoms. The van der Waals surface area contributed by atoms with E-state index in [0.29, 0.717) is 25.6 Å². The van der Waals surface area contributed by atoms with Crippen molar-refractivity contribution in [1.82, 2.24) is 0 Å². The summed E-state index contributed by atoms with van der Waals surface area (Å²) in [7, 11) is 0. The molecule has 0 spiro atoms. The Morgan fingerprint density at radius 3 is 2.37 bits per heavy atom. The predicted molar refractivity (Wildman–Crippen MR) is 66.6 cm³/mol. The second kappa shape index (κ2) is 5.95. The summed E-state index contributed by atoms with van der Waals surface area (Å²) in [6, 6.07) is 3.12. The van der Waals surface area contributed by atoms with E-state index in [0.717, 1.165) is 0 Å². The van der Waals surface area contributed by atoms with Gasteiger partial charge in [-0.05, 0) is 31.5 Å². The molecule has 0 aliphatic carbocycles. The van der Waals surface area contributed by atoms with Gasteiger partial charge in [0.15, 0.2) is 0 Å². The number of nitrogens with zero attached hydrogens (tertiary/aromatic N) is 1. The molecule has 3 nitrogen and oxygen atoms in total. The van der Waals surface area contributed by atoms with Crippen molar-refractivity contribution < 1.29 is 23.1 Å². The summed E-state index contributed by atoms with van der Waals surface area (Å²) in [4.78, 5) is 12.4. The zero-order valence-corrected chi connectivity index (χ0v) is 10.8. The molecule has 0 saturated carbocycles. The van der Waals surface area contributed by atoms with Crippen LogP contribution < -0.4 is 4.90 Å². The van der Waals surface area contributed by atoms with Gasteiger partial charge in [-0.25, -0.2) is 4.79 Å². The van der Waals surface area contributed by atoms with E-state index in [-0.39, 0.29) is 11.3 Å². The van der Waals surface area contributed by atoms with Gasteiger partial charge in [-0.1, -0.05) is 6.92 Å². The zero-order valence-electron chi connectivity index (χ0n) is 10.8. The number of hydrogen-bond acceptors (Lipinski definition) is 2. The first-order chi connectivity index (χ1) is 8.81. The largest absolute Gasteiger partial charge is 0.478 e. The second-order valence-corrected chi connectivity index (χ2v) is 4.11. The molecule has 0 bridgehead atoms. The summed E-state index contributed by atoms with van der Waals surface area (Å²) in [5, 5.41) is 8.78. The summed E-state index contributed by atoms with van der Waals surface area (Å²) in [6.07, 6.45) is -3.85.